The van der Waals surface area contributed by atoms with Crippen LogP contribution in [0, 0.1) is 23.1 Å². The molecule has 1 atom stereocenters. The van der Waals surface area contributed by atoms with Crippen LogP contribution in [0.2, 0.25) is 0 Å². The van der Waals surface area contributed by atoms with E-state index >= 15 is 0 Å². The fourth-order valence-electron chi connectivity index (χ4n) is 2.43. The van der Waals surface area contributed by atoms with Gasteiger partial charge in [-0.15, -0.1) is 0 Å². The molecule has 0 saturated carbocycles. The van der Waals surface area contributed by atoms with Gasteiger partial charge in [0.25, 0.3) is 0 Å². The summed E-state index contributed by atoms with van der Waals surface area (Å²) in [6.07, 6.45) is 1.22. The van der Waals surface area contributed by atoms with E-state index in [0.717, 1.165) is 25.2 Å². The standard InChI is InChI=1S/C14H18FN3/c1-18-3-2-11(10-18)8-17-9-13-4-12(7-16)5-14(15)6-13/h4-6,11,17H,2-3,8-10H2,1H3. The first-order chi connectivity index (χ1) is 8.67. The molecule has 1 unspecified atom stereocenters. The summed E-state index contributed by atoms with van der Waals surface area (Å²) in [4.78, 5) is 2.32. The molecule has 0 aromatic heterocycles. The first-order valence-electron chi connectivity index (χ1n) is 6.26. The molecule has 3 nitrogen and oxygen atoms in total. The molecule has 1 aliphatic heterocycles. The minimum absolute atomic E-state index is 0.341. The lowest BCUT2D eigenvalue weighted by molar-refractivity contribution is 0.388. The number of benzene rings is 1. The Morgan fingerprint density at radius 2 is 2.33 bits per heavy atom. The molecular weight excluding hydrogens is 229 g/mol. The van der Waals surface area contributed by atoms with Gasteiger partial charge in [-0.05, 0) is 56.2 Å². The highest BCUT2D eigenvalue weighted by atomic mass is 19.1. The first-order valence-corrected chi connectivity index (χ1v) is 6.26. The Morgan fingerprint density at radius 1 is 1.50 bits per heavy atom. The third-order valence-corrected chi connectivity index (χ3v) is 3.34. The van der Waals surface area contributed by atoms with E-state index in [1.165, 1.54) is 18.6 Å². The summed E-state index contributed by atoms with van der Waals surface area (Å²) in [6.45, 7) is 3.85. The lowest BCUT2D eigenvalue weighted by atomic mass is 10.1. The second-order valence-electron chi connectivity index (χ2n) is 5.01. The topological polar surface area (TPSA) is 39.1 Å². The number of rotatable bonds is 4. The molecule has 1 aromatic rings. The Morgan fingerprint density at radius 3 is 3.00 bits per heavy atom. The van der Waals surface area contributed by atoms with Crippen LogP contribution in [0.5, 0.6) is 0 Å². The van der Waals surface area contributed by atoms with Crippen molar-refractivity contribution in [3.63, 3.8) is 0 Å². The lowest BCUT2D eigenvalue weighted by Gasteiger charge is -2.11. The maximum absolute atomic E-state index is 13.2. The number of nitriles is 1. The van der Waals surface area contributed by atoms with Gasteiger partial charge in [-0.3, -0.25) is 0 Å². The van der Waals surface area contributed by atoms with E-state index in [9.17, 15) is 4.39 Å². The van der Waals surface area contributed by atoms with E-state index < -0.39 is 0 Å². The van der Waals surface area contributed by atoms with Gasteiger partial charge in [0.05, 0.1) is 11.6 Å². The van der Waals surface area contributed by atoms with Gasteiger partial charge in [-0.2, -0.15) is 5.26 Å². The van der Waals surface area contributed by atoms with Gasteiger partial charge in [-0.25, -0.2) is 4.39 Å². The summed E-state index contributed by atoms with van der Waals surface area (Å²) < 4.78 is 13.2. The van der Waals surface area contributed by atoms with Crippen molar-refractivity contribution in [2.45, 2.75) is 13.0 Å². The minimum Gasteiger partial charge on any atom is -0.312 e. The van der Waals surface area contributed by atoms with Crippen molar-refractivity contribution in [3.05, 3.63) is 35.1 Å². The maximum Gasteiger partial charge on any atom is 0.124 e. The summed E-state index contributed by atoms with van der Waals surface area (Å²) in [6, 6.07) is 6.44. The van der Waals surface area contributed by atoms with Crippen molar-refractivity contribution in [1.82, 2.24) is 10.2 Å². The molecule has 18 heavy (non-hydrogen) atoms. The van der Waals surface area contributed by atoms with Crippen molar-refractivity contribution in [3.8, 4) is 6.07 Å². The van der Waals surface area contributed by atoms with Gasteiger partial charge < -0.3 is 10.2 Å². The molecule has 0 spiro atoms. The summed E-state index contributed by atoms with van der Waals surface area (Å²) >= 11 is 0. The minimum atomic E-state index is -0.341. The van der Waals surface area contributed by atoms with E-state index in [0.29, 0.717) is 18.0 Å². The summed E-state index contributed by atoms with van der Waals surface area (Å²) in [5, 5.41) is 12.1. The summed E-state index contributed by atoms with van der Waals surface area (Å²) in [5.41, 5.74) is 1.21. The van der Waals surface area contributed by atoms with Crippen LogP contribution in [-0.4, -0.2) is 31.6 Å². The van der Waals surface area contributed by atoms with Gasteiger partial charge in [0, 0.05) is 13.1 Å². The van der Waals surface area contributed by atoms with Crippen molar-refractivity contribution in [2.75, 3.05) is 26.7 Å². The molecule has 1 heterocycles. The highest BCUT2D eigenvalue weighted by Gasteiger charge is 2.18. The quantitative estimate of drug-likeness (QED) is 0.881. The van der Waals surface area contributed by atoms with Gasteiger partial charge in [-0.1, -0.05) is 0 Å². The van der Waals surface area contributed by atoms with E-state index in [1.807, 2.05) is 6.07 Å². The second kappa shape index (κ2) is 5.94. The van der Waals surface area contributed by atoms with Crippen molar-refractivity contribution >= 4 is 0 Å². The van der Waals surface area contributed by atoms with Crippen LogP contribution in [0.15, 0.2) is 18.2 Å². The zero-order chi connectivity index (χ0) is 13.0. The summed E-state index contributed by atoms with van der Waals surface area (Å²) in [5.74, 6) is 0.338. The zero-order valence-corrected chi connectivity index (χ0v) is 10.6. The molecule has 0 aliphatic carbocycles. The van der Waals surface area contributed by atoms with Crippen LogP contribution >= 0.6 is 0 Å². The molecule has 2 rings (SSSR count). The van der Waals surface area contributed by atoms with Crippen LogP contribution in [0.1, 0.15) is 17.5 Å². The monoisotopic (exact) mass is 247 g/mol. The highest BCUT2D eigenvalue weighted by Crippen LogP contribution is 2.13. The van der Waals surface area contributed by atoms with E-state index in [4.69, 9.17) is 5.26 Å². The smallest absolute Gasteiger partial charge is 0.124 e. The average Bonchev–Trinajstić information content (AvgIpc) is 2.74. The van der Waals surface area contributed by atoms with Crippen LogP contribution in [0.3, 0.4) is 0 Å². The Labute approximate surface area is 107 Å². The number of halogens is 1. The molecule has 96 valence electrons. The number of nitrogens with zero attached hydrogens (tertiary/aromatic N) is 2. The molecule has 1 saturated heterocycles. The normalized spacial score (nSPS) is 19.9. The van der Waals surface area contributed by atoms with Gasteiger partial charge in [0.15, 0.2) is 0 Å². The van der Waals surface area contributed by atoms with Crippen LogP contribution < -0.4 is 5.32 Å². The lowest BCUT2D eigenvalue weighted by Crippen LogP contribution is -2.24. The molecule has 0 radical (unpaired) electrons. The number of hydrogen-bond donors (Lipinski definition) is 1. The van der Waals surface area contributed by atoms with Gasteiger partial charge in [0.2, 0.25) is 0 Å². The van der Waals surface area contributed by atoms with Crippen molar-refractivity contribution < 1.29 is 4.39 Å². The maximum atomic E-state index is 13.2. The average molecular weight is 247 g/mol. The van der Waals surface area contributed by atoms with Gasteiger partial charge >= 0.3 is 0 Å². The first kappa shape index (κ1) is 13.0. The molecule has 0 amide bonds. The Kier molecular flexibility index (Phi) is 4.29. The Balaban J connectivity index is 1.83. The fraction of sp³-hybridized carbons (Fsp3) is 0.500. The van der Waals surface area contributed by atoms with E-state index in [2.05, 4.69) is 17.3 Å². The van der Waals surface area contributed by atoms with Crippen LogP contribution in [0.25, 0.3) is 0 Å². The molecule has 1 fully saturated rings. The number of likely N-dealkylation sites (tertiary alicyclic amines) is 1. The Bertz CT molecular complexity index is 453. The molecular formula is C14H18FN3. The predicted octanol–water partition coefficient (Wildman–Crippen LogP) is 1.74. The molecule has 1 aromatic carbocycles. The summed E-state index contributed by atoms with van der Waals surface area (Å²) in [7, 11) is 2.13. The third-order valence-electron chi connectivity index (χ3n) is 3.34. The van der Waals surface area contributed by atoms with Gasteiger partial charge in [0.1, 0.15) is 5.82 Å². The van der Waals surface area contributed by atoms with E-state index in [-0.39, 0.29) is 5.82 Å². The van der Waals surface area contributed by atoms with Crippen LogP contribution in [-0.2, 0) is 6.54 Å². The van der Waals surface area contributed by atoms with Crippen molar-refractivity contribution in [2.24, 2.45) is 5.92 Å². The van der Waals surface area contributed by atoms with Crippen LogP contribution in [0.4, 0.5) is 4.39 Å². The molecule has 0 bridgehead atoms. The third kappa shape index (κ3) is 3.52. The second-order valence-corrected chi connectivity index (χ2v) is 5.01. The predicted molar refractivity (Wildman–Crippen MR) is 68.4 cm³/mol. The molecule has 1 N–H and O–H groups in total. The number of hydrogen-bond acceptors (Lipinski definition) is 3. The highest BCUT2D eigenvalue weighted by molar-refractivity contribution is 5.33. The van der Waals surface area contributed by atoms with Crippen molar-refractivity contribution in [1.29, 1.82) is 5.26 Å². The molecule has 4 heteroatoms. The Hall–Kier alpha value is -1.44. The zero-order valence-electron chi connectivity index (χ0n) is 10.6. The SMILES string of the molecule is CN1CCC(CNCc2cc(F)cc(C#N)c2)C1. The van der Waals surface area contributed by atoms with E-state index in [1.54, 1.807) is 6.07 Å². The largest absolute Gasteiger partial charge is 0.312 e. The number of nitrogens with one attached hydrogen (secondary N) is 1. The fourth-order valence-corrected chi connectivity index (χ4v) is 2.43. The molecule has 1 aliphatic rings.